The molecule has 6 nitrogen and oxygen atoms in total. The smallest absolute Gasteiger partial charge is 0.290 e. The molecule has 5 rings (SSSR count). The van der Waals surface area contributed by atoms with Gasteiger partial charge in [-0.15, -0.1) is 0 Å². The van der Waals surface area contributed by atoms with E-state index in [-0.39, 0.29) is 18.6 Å². The standard InChI is InChI=1S/C27H30Cl2F2N2O2.C2H6.CH2O2/c28-23-2-1-3-24(29)22(23)15-32-9-6-17(7-10-32)16-35-26-13-25(31)21(12-20(26)18-4-5-18)27(34)33-11-8-19(30)14-33;1-2;2-1-3/h1-3,12-13,17-19H,4-11,14-16H2;1-2H3;1H,(H,2,3). The van der Waals surface area contributed by atoms with Crippen LogP contribution in [-0.2, 0) is 11.3 Å². The van der Waals surface area contributed by atoms with Crippen LogP contribution in [0.1, 0.15) is 73.4 Å². The summed E-state index contributed by atoms with van der Waals surface area (Å²) in [4.78, 5) is 24.9. The fourth-order valence-electron chi connectivity index (χ4n) is 5.07. The molecule has 1 atom stereocenters. The van der Waals surface area contributed by atoms with Gasteiger partial charge in [-0.1, -0.05) is 43.1 Å². The molecule has 10 heteroatoms. The first-order chi connectivity index (χ1) is 19.3. The van der Waals surface area contributed by atoms with Gasteiger partial charge in [-0.05, 0) is 80.8 Å². The molecule has 0 spiro atoms. The van der Waals surface area contributed by atoms with Crippen molar-refractivity contribution in [3.05, 3.63) is 62.9 Å². The van der Waals surface area contributed by atoms with Gasteiger partial charge in [-0.3, -0.25) is 14.5 Å². The lowest BCUT2D eigenvalue weighted by Crippen LogP contribution is -2.35. The summed E-state index contributed by atoms with van der Waals surface area (Å²) in [5.74, 6) is 0.184. The van der Waals surface area contributed by atoms with Crippen LogP contribution >= 0.6 is 23.2 Å². The Kier molecular flexibility index (Phi) is 12.5. The number of hydrogen-bond donors (Lipinski definition) is 1. The number of ether oxygens (including phenoxy) is 1. The Morgan fingerprint density at radius 1 is 1.07 bits per heavy atom. The van der Waals surface area contributed by atoms with Gasteiger partial charge in [0.2, 0.25) is 0 Å². The predicted octanol–water partition coefficient (Wildman–Crippen LogP) is 7.21. The maximum absolute atomic E-state index is 15.0. The van der Waals surface area contributed by atoms with E-state index in [0.29, 0.717) is 47.2 Å². The number of benzene rings is 2. The summed E-state index contributed by atoms with van der Waals surface area (Å²) < 4.78 is 34.7. The average molecular weight is 600 g/mol. The first-order valence-corrected chi connectivity index (χ1v) is 14.7. The summed E-state index contributed by atoms with van der Waals surface area (Å²) >= 11 is 12.6. The van der Waals surface area contributed by atoms with Gasteiger partial charge in [-0.2, -0.15) is 0 Å². The maximum Gasteiger partial charge on any atom is 0.290 e. The first-order valence-electron chi connectivity index (χ1n) is 13.9. The molecular formula is C30H38Cl2F2N2O4. The predicted molar refractivity (Wildman–Crippen MR) is 154 cm³/mol. The van der Waals surface area contributed by atoms with E-state index in [1.165, 1.54) is 11.0 Å². The zero-order valence-corrected chi connectivity index (χ0v) is 24.6. The van der Waals surface area contributed by atoms with Crippen molar-refractivity contribution in [2.24, 2.45) is 5.92 Å². The number of alkyl halides is 1. The van der Waals surface area contributed by atoms with Crippen molar-refractivity contribution in [1.82, 2.24) is 9.80 Å². The SMILES string of the molecule is CC.O=C(c1cc(C2CC2)c(OCC2CCN(Cc3c(Cl)cccc3Cl)CC2)cc1F)N1CCC(F)C1.O=CO. The molecule has 1 saturated carbocycles. The zero-order valence-electron chi connectivity index (χ0n) is 23.1. The molecule has 0 aromatic heterocycles. The van der Waals surface area contributed by atoms with E-state index in [1.54, 1.807) is 6.07 Å². The number of amides is 1. The van der Waals surface area contributed by atoms with Gasteiger partial charge in [0.1, 0.15) is 17.7 Å². The van der Waals surface area contributed by atoms with Crippen LogP contribution < -0.4 is 4.74 Å². The Labute approximate surface area is 245 Å². The molecule has 0 bridgehead atoms. The van der Waals surface area contributed by atoms with Crippen LogP contribution in [0.4, 0.5) is 8.78 Å². The van der Waals surface area contributed by atoms with Gasteiger partial charge < -0.3 is 14.7 Å². The fourth-order valence-corrected chi connectivity index (χ4v) is 5.59. The van der Waals surface area contributed by atoms with E-state index in [2.05, 4.69) is 4.90 Å². The second-order valence-electron chi connectivity index (χ2n) is 10.1. The van der Waals surface area contributed by atoms with Crippen molar-refractivity contribution >= 4 is 35.6 Å². The van der Waals surface area contributed by atoms with E-state index >= 15 is 0 Å². The minimum absolute atomic E-state index is 0.0277. The molecule has 1 N–H and O–H groups in total. The van der Waals surface area contributed by atoms with Gasteiger partial charge in [0.25, 0.3) is 12.4 Å². The fraction of sp³-hybridized carbons (Fsp3) is 0.533. The van der Waals surface area contributed by atoms with E-state index in [1.807, 2.05) is 32.0 Å². The van der Waals surface area contributed by atoms with E-state index in [9.17, 15) is 13.6 Å². The van der Waals surface area contributed by atoms with Gasteiger partial charge in [-0.25, -0.2) is 8.78 Å². The van der Waals surface area contributed by atoms with Crippen LogP contribution in [-0.4, -0.2) is 66.2 Å². The zero-order chi connectivity index (χ0) is 29.2. The molecule has 3 aliphatic rings. The maximum atomic E-state index is 15.0. The molecule has 2 aliphatic heterocycles. The minimum Gasteiger partial charge on any atom is -0.493 e. The Hall–Kier alpha value is -2.42. The van der Waals surface area contributed by atoms with Crippen LogP contribution in [0.5, 0.6) is 5.75 Å². The summed E-state index contributed by atoms with van der Waals surface area (Å²) in [6.45, 7) is 7.19. The van der Waals surface area contributed by atoms with Crippen LogP contribution in [0.3, 0.4) is 0 Å². The minimum atomic E-state index is -1.03. The third-order valence-corrected chi connectivity index (χ3v) is 8.10. The van der Waals surface area contributed by atoms with Gasteiger partial charge >= 0.3 is 0 Å². The number of hydrogen-bond acceptors (Lipinski definition) is 4. The molecule has 2 aromatic carbocycles. The van der Waals surface area contributed by atoms with Gasteiger partial charge in [0.15, 0.2) is 0 Å². The van der Waals surface area contributed by atoms with Crippen molar-refractivity contribution in [2.75, 3.05) is 32.8 Å². The van der Waals surface area contributed by atoms with Gasteiger partial charge in [0, 0.05) is 34.8 Å². The van der Waals surface area contributed by atoms with Crippen LogP contribution in [0.2, 0.25) is 10.0 Å². The largest absolute Gasteiger partial charge is 0.493 e. The number of piperidine rings is 1. The second-order valence-corrected chi connectivity index (χ2v) is 10.9. The van der Waals surface area contributed by atoms with Crippen molar-refractivity contribution in [3.8, 4) is 5.75 Å². The highest BCUT2D eigenvalue weighted by atomic mass is 35.5. The monoisotopic (exact) mass is 598 g/mol. The number of halogens is 4. The lowest BCUT2D eigenvalue weighted by Gasteiger charge is -2.32. The van der Waals surface area contributed by atoms with E-state index in [4.69, 9.17) is 37.8 Å². The molecule has 2 heterocycles. The molecular weight excluding hydrogens is 561 g/mol. The lowest BCUT2D eigenvalue weighted by molar-refractivity contribution is -0.122. The second kappa shape index (κ2) is 15.5. The third kappa shape index (κ3) is 8.54. The number of carbonyl (C=O) groups is 2. The average Bonchev–Trinajstić information content (AvgIpc) is 3.70. The first kappa shape index (κ1) is 32.1. The molecule has 0 radical (unpaired) electrons. The molecule has 40 heavy (non-hydrogen) atoms. The molecule has 220 valence electrons. The molecule has 1 aliphatic carbocycles. The summed E-state index contributed by atoms with van der Waals surface area (Å²) in [6.07, 6.45) is 3.25. The molecule has 2 saturated heterocycles. The highest BCUT2D eigenvalue weighted by Crippen LogP contribution is 2.45. The quantitative estimate of drug-likeness (QED) is 0.341. The van der Waals surface area contributed by atoms with Crippen LogP contribution in [0, 0.1) is 11.7 Å². The summed E-state index contributed by atoms with van der Waals surface area (Å²) in [7, 11) is 0. The van der Waals surface area contributed by atoms with E-state index < -0.39 is 17.9 Å². The number of likely N-dealkylation sites (tertiary alicyclic amines) is 2. The third-order valence-electron chi connectivity index (χ3n) is 7.39. The Balaban J connectivity index is 0.000000827. The highest BCUT2D eigenvalue weighted by molar-refractivity contribution is 6.35. The summed E-state index contributed by atoms with van der Waals surface area (Å²) in [5, 5.41) is 8.27. The summed E-state index contributed by atoms with van der Waals surface area (Å²) in [6, 6.07) is 8.58. The Morgan fingerprint density at radius 2 is 1.70 bits per heavy atom. The van der Waals surface area contributed by atoms with Crippen molar-refractivity contribution in [2.45, 2.75) is 64.6 Å². The molecule has 2 aromatic rings. The molecule has 3 fully saturated rings. The topological polar surface area (TPSA) is 70.1 Å². The molecule has 1 unspecified atom stereocenters. The van der Waals surface area contributed by atoms with Crippen LogP contribution in [0.15, 0.2) is 30.3 Å². The molecule has 1 amide bonds. The van der Waals surface area contributed by atoms with Crippen molar-refractivity contribution in [3.63, 3.8) is 0 Å². The number of nitrogens with zero attached hydrogens (tertiary/aromatic N) is 2. The normalized spacial score (nSPS) is 19.2. The van der Waals surface area contributed by atoms with Crippen LogP contribution in [0.25, 0.3) is 0 Å². The van der Waals surface area contributed by atoms with Gasteiger partial charge in [0.05, 0.1) is 18.7 Å². The number of carbonyl (C=O) groups excluding carboxylic acids is 1. The van der Waals surface area contributed by atoms with Crippen molar-refractivity contribution < 1.29 is 28.2 Å². The lowest BCUT2D eigenvalue weighted by atomic mass is 9.97. The Morgan fingerprint density at radius 3 is 2.25 bits per heavy atom. The van der Waals surface area contributed by atoms with E-state index in [0.717, 1.165) is 56.4 Å². The summed E-state index contributed by atoms with van der Waals surface area (Å²) in [5.41, 5.74) is 1.89. The number of rotatable bonds is 7. The Bertz CT molecular complexity index is 1120. The number of carboxylic acid groups (broad SMARTS) is 1. The highest BCUT2D eigenvalue weighted by Gasteiger charge is 2.33. The van der Waals surface area contributed by atoms with Crippen molar-refractivity contribution in [1.29, 1.82) is 0 Å².